The van der Waals surface area contributed by atoms with Gasteiger partial charge in [0, 0.05) is 5.02 Å². The normalized spacial score (nSPS) is 13.2. The second-order valence-corrected chi connectivity index (χ2v) is 4.38. The molecule has 0 fully saturated rings. The Bertz CT molecular complexity index is 318. The highest BCUT2D eigenvalue weighted by Crippen LogP contribution is 2.33. The number of benzene rings is 1. The van der Waals surface area contributed by atoms with Gasteiger partial charge < -0.3 is 5.11 Å². The lowest BCUT2D eigenvalue weighted by Gasteiger charge is -2.21. The summed E-state index contributed by atoms with van der Waals surface area (Å²) in [6.07, 6.45) is 1.51. The van der Waals surface area contributed by atoms with Gasteiger partial charge in [-0.3, -0.25) is 0 Å². The van der Waals surface area contributed by atoms with Crippen molar-refractivity contribution in [3.8, 4) is 0 Å². The van der Waals surface area contributed by atoms with E-state index in [1.165, 1.54) is 0 Å². The number of hydrogen-bond acceptors (Lipinski definition) is 1. The topological polar surface area (TPSA) is 20.2 Å². The van der Waals surface area contributed by atoms with Crippen LogP contribution in [0.25, 0.3) is 0 Å². The molecule has 15 heavy (non-hydrogen) atoms. The van der Waals surface area contributed by atoms with Crippen molar-refractivity contribution in [1.29, 1.82) is 0 Å². The summed E-state index contributed by atoms with van der Waals surface area (Å²) < 4.78 is 0. The molecule has 0 heterocycles. The molecule has 0 aliphatic rings. The summed E-state index contributed by atoms with van der Waals surface area (Å²) in [4.78, 5) is 0. The van der Waals surface area contributed by atoms with E-state index in [1.807, 2.05) is 25.1 Å². The molecule has 0 amide bonds. The van der Waals surface area contributed by atoms with Crippen LogP contribution < -0.4 is 0 Å². The van der Waals surface area contributed by atoms with Crippen LogP contribution in [-0.4, -0.2) is 5.11 Å². The van der Waals surface area contributed by atoms with Crippen molar-refractivity contribution in [3.63, 3.8) is 0 Å². The number of hydrogen-bond donors (Lipinski definition) is 1. The molecule has 1 atom stereocenters. The minimum atomic E-state index is -0.438. The maximum Gasteiger partial charge on any atom is 0.0832 e. The third-order valence-corrected chi connectivity index (χ3v) is 3.55. The first kappa shape index (κ1) is 12.5. The molecule has 0 spiro atoms. The van der Waals surface area contributed by atoms with Gasteiger partial charge in [0.2, 0.25) is 0 Å². The lowest BCUT2D eigenvalue weighted by atomic mass is 9.91. The molecule has 0 aromatic heterocycles. The van der Waals surface area contributed by atoms with Crippen LogP contribution in [0, 0.1) is 12.8 Å². The van der Waals surface area contributed by atoms with Crippen molar-refractivity contribution in [3.05, 3.63) is 34.3 Å². The first-order valence-electron chi connectivity index (χ1n) is 5.54. The van der Waals surface area contributed by atoms with E-state index in [4.69, 9.17) is 11.6 Å². The smallest absolute Gasteiger partial charge is 0.0832 e. The zero-order valence-electron chi connectivity index (χ0n) is 9.63. The van der Waals surface area contributed by atoms with Crippen LogP contribution in [0.2, 0.25) is 5.02 Å². The lowest BCUT2D eigenvalue weighted by molar-refractivity contribution is 0.103. The fraction of sp³-hybridized carbons (Fsp3) is 0.538. The lowest BCUT2D eigenvalue weighted by Crippen LogP contribution is -2.11. The average molecular weight is 227 g/mol. The third-order valence-electron chi connectivity index (χ3n) is 3.04. The SMILES string of the molecule is CCC(CC)C(O)c1cccc(C)c1Cl. The van der Waals surface area contributed by atoms with Crippen molar-refractivity contribution in [2.24, 2.45) is 5.92 Å². The molecule has 2 heteroatoms. The van der Waals surface area contributed by atoms with Gasteiger partial charge in [-0.05, 0) is 24.0 Å². The summed E-state index contributed by atoms with van der Waals surface area (Å²) in [6, 6.07) is 5.83. The minimum absolute atomic E-state index is 0.296. The summed E-state index contributed by atoms with van der Waals surface area (Å²) in [5, 5.41) is 10.9. The van der Waals surface area contributed by atoms with Gasteiger partial charge in [-0.2, -0.15) is 0 Å². The summed E-state index contributed by atoms with van der Waals surface area (Å²) >= 11 is 6.19. The van der Waals surface area contributed by atoms with E-state index < -0.39 is 6.10 Å². The fourth-order valence-electron chi connectivity index (χ4n) is 1.89. The van der Waals surface area contributed by atoms with Crippen LogP contribution in [-0.2, 0) is 0 Å². The van der Waals surface area contributed by atoms with Crippen molar-refractivity contribution in [2.45, 2.75) is 39.7 Å². The summed E-state index contributed by atoms with van der Waals surface area (Å²) in [6.45, 7) is 6.16. The third kappa shape index (κ3) is 2.73. The highest BCUT2D eigenvalue weighted by Gasteiger charge is 2.20. The zero-order chi connectivity index (χ0) is 11.4. The van der Waals surface area contributed by atoms with E-state index >= 15 is 0 Å². The van der Waals surface area contributed by atoms with Crippen molar-refractivity contribution in [1.82, 2.24) is 0 Å². The maximum atomic E-state index is 10.2. The molecule has 0 saturated heterocycles. The van der Waals surface area contributed by atoms with Gasteiger partial charge in [0.1, 0.15) is 0 Å². The van der Waals surface area contributed by atoms with Crippen LogP contribution >= 0.6 is 11.6 Å². The molecule has 84 valence electrons. The molecule has 1 N–H and O–H groups in total. The first-order valence-corrected chi connectivity index (χ1v) is 5.92. The van der Waals surface area contributed by atoms with E-state index in [2.05, 4.69) is 13.8 Å². The molecule has 1 aromatic carbocycles. The Morgan fingerprint density at radius 2 is 1.87 bits per heavy atom. The van der Waals surface area contributed by atoms with E-state index in [-0.39, 0.29) is 0 Å². The predicted octanol–water partition coefficient (Wildman–Crippen LogP) is 4.12. The van der Waals surface area contributed by atoms with Crippen LogP contribution in [0.3, 0.4) is 0 Å². The molecule has 0 bridgehead atoms. The average Bonchev–Trinajstić information content (AvgIpc) is 2.23. The Morgan fingerprint density at radius 1 is 1.27 bits per heavy atom. The van der Waals surface area contributed by atoms with E-state index in [9.17, 15) is 5.11 Å². The molecular weight excluding hydrogens is 208 g/mol. The quantitative estimate of drug-likeness (QED) is 0.819. The summed E-state index contributed by atoms with van der Waals surface area (Å²) in [5.41, 5.74) is 1.89. The van der Waals surface area contributed by atoms with Gasteiger partial charge in [-0.25, -0.2) is 0 Å². The molecule has 1 aromatic rings. The standard InChI is InChI=1S/C13H19ClO/c1-4-10(5-2)13(15)11-8-6-7-9(3)12(11)14/h6-8,10,13,15H,4-5H2,1-3H3. The second kappa shape index (κ2) is 5.53. The summed E-state index contributed by atoms with van der Waals surface area (Å²) in [7, 11) is 0. The number of aliphatic hydroxyl groups is 1. The largest absolute Gasteiger partial charge is 0.388 e. The Hall–Kier alpha value is -0.530. The molecule has 1 nitrogen and oxygen atoms in total. The van der Waals surface area contributed by atoms with Gasteiger partial charge in [-0.1, -0.05) is 56.5 Å². The minimum Gasteiger partial charge on any atom is -0.388 e. The molecule has 0 radical (unpaired) electrons. The van der Waals surface area contributed by atoms with Gasteiger partial charge in [0.25, 0.3) is 0 Å². The highest BCUT2D eigenvalue weighted by molar-refractivity contribution is 6.32. The number of aliphatic hydroxyl groups excluding tert-OH is 1. The van der Waals surface area contributed by atoms with Crippen LogP contribution in [0.1, 0.15) is 43.9 Å². The monoisotopic (exact) mass is 226 g/mol. The van der Waals surface area contributed by atoms with Crippen LogP contribution in [0.5, 0.6) is 0 Å². The number of aryl methyl sites for hydroxylation is 1. The van der Waals surface area contributed by atoms with E-state index in [0.29, 0.717) is 10.9 Å². The Labute approximate surface area is 97.1 Å². The van der Waals surface area contributed by atoms with E-state index in [1.54, 1.807) is 0 Å². The van der Waals surface area contributed by atoms with Crippen molar-refractivity contribution >= 4 is 11.6 Å². The zero-order valence-corrected chi connectivity index (χ0v) is 10.4. The maximum absolute atomic E-state index is 10.2. The Morgan fingerprint density at radius 3 is 2.40 bits per heavy atom. The molecule has 1 unspecified atom stereocenters. The van der Waals surface area contributed by atoms with Crippen LogP contribution in [0.15, 0.2) is 18.2 Å². The highest BCUT2D eigenvalue weighted by atomic mass is 35.5. The number of rotatable bonds is 4. The first-order chi connectivity index (χ1) is 7.11. The molecule has 0 aliphatic carbocycles. The molecule has 1 rings (SSSR count). The second-order valence-electron chi connectivity index (χ2n) is 4.00. The molecule has 0 saturated carbocycles. The summed E-state index contributed by atoms with van der Waals surface area (Å²) in [5.74, 6) is 0.296. The predicted molar refractivity (Wildman–Crippen MR) is 65.2 cm³/mol. The van der Waals surface area contributed by atoms with Crippen molar-refractivity contribution < 1.29 is 5.11 Å². The van der Waals surface area contributed by atoms with E-state index in [0.717, 1.165) is 24.0 Å². The van der Waals surface area contributed by atoms with Gasteiger partial charge in [0.05, 0.1) is 6.10 Å². The molecular formula is C13H19ClO. The Balaban J connectivity index is 2.99. The van der Waals surface area contributed by atoms with Gasteiger partial charge in [0.15, 0.2) is 0 Å². The Kier molecular flexibility index (Phi) is 4.62. The van der Waals surface area contributed by atoms with Gasteiger partial charge in [-0.15, -0.1) is 0 Å². The van der Waals surface area contributed by atoms with Crippen LogP contribution in [0.4, 0.5) is 0 Å². The molecule has 0 aliphatic heterocycles. The van der Waals surface area contributed by atoms with Gasteiger partial charge >= 0.3 is 0 Å². The van der Waals surface area contributed by atoms with Crippen molar-refractivity contribution in [2.75, 3.05) is 0 Å². The number of halogens is 1. The fourth-order valence-corrected chi connectivity index (χ4v) is 2.13.